The molecule has 1 amide bonds. The maximum atomic E-state index is 13.1. The van der Waals surface area contributed by atoms with Crippen LogP contribution >= 0.6 is 11.8 Å². The Bertz CT molecular complexity index is 1440. The van der Waals surface area contributed by atoms with Gasteiger partial charge < -0.3 is 18.9 Å². The zero-order chi connectivity index (χ0) is 30.0. The molecule has 0 aliphatic carbocycles. The highest BCUT2D eigenvalue weighted by Crippen LogP contribution is 2.37. The van der Waals surface area contributed by atoms with Crippen LogP contribution in [0.4, 0.5) is 0 Å². The van der Waals surface area contributed by atoms with Crippen molar-refractivity contribution in [2.75, 3.05) is 33.1 Å². The molecule has 1 aliphatic rings. The van der Waals surface area contributed by atoms with E-state index in [9.17, 15) is 4.79 Å². The SMILES string of the molecule is CCCn1c(SCCCC(=O)N2CCC(Cc3ccccc3)CC2)nc(-c2ccc(OC)cc2)c1-c1ccc(OC)cc1. The molecule has 0 N–H and O–H groups in total. The maximum absolute atomic E-state index is 13.1. The van der Waals surface area contributed by atoms with E-state index in [1.165, 1.54) is 5.56 Å². The quantitative estimate of drug-likeness (QED) is 0.115. The van der Waals surface area contributed by atoms with Crippen molar-refractivity contribution in [2.24, 2.45) is 5.92 Å². The van der Waals surface area contributed by atoms with Gasteiger partial charge in [-0.2, -0.15) is 0 Å². The Morgan fingerprint density at radius 3 is 2.12 bits per heavy atom. The topological polar surface area (TPSA) is 56.6 Å². The number of methoxy groups -OCH3 is 2. The fraction of sp³-hybridized carbons (Fsp3) is 0.389. The van der Waals surface area contributed by atoms with Gasteiger partial charge in [0.15, 0.2) is 5.16 Å². The lowest BCUT2D eigenvalue weighted by Crippen LogP contribution is -2.38. The van der Waals surface area contributed by atoms with Gasteiger partial charge in [-0.3, -0.25) is 4.79 Å². The number of hydrogen-bond acceptors (Lipinski definition) is 5. The van der Waals surface area contributed by atoms with E-state index < -0.39 is 0 Å². The lowest BCUT2D eigenvalue weighted by atomic mass is 9.90. The van der Waals surface area contributed by atoms with Gasteiger partial charge >= 0.3 is 0 Å². The van der Waals surface area contributed by atoms with Crippen molar-refractivity contribution < 1.29 is 14.3 Å². The van der Waals surface area contributed by atoms with Crippen molar-refractivity contribution in [3.63, 3.8) is 0 Å². The summed E-state index contributed by atoms with van der Waals surface area (Å²) in [5, 5.41) is 0.993. The minimum Gasteiger partial charge on any atom is -0.497 e. The van der Waals surface area contributed by atoms with Crippen LogP contribution in [0.2, 0.25) is 0 Å². The van der Waals surface area contributed by atoms with E-state index in [0.29, 0.717) is 12.3 Å². The second-order valence-corrected chi connectivity index (χ2v) is 12.2. The summed E-state index contributed by atoms with van der Waals surface area (Å²) in [5.41, 5.74) is 5.61. The van der Waals surface area contributed by atoms with Crippen LogP contribution in [-0.4, -0.2) is 53.4 Å². The van der Waals surface area contributed by atoms with E-state index in [-0.39, 0.29) is 5.91 Å². The maximum Gasteiger partial charge on any atom is 0.222 e. The Kier molecular flexibility index (Phi) is 10.8. The molecular weight excluding hydrogens is 554 g/mol. The Balaban J connectivity index is 1.24. The first kappa shape index (κ1) is 30.7. The van der Waals surface area contributed by atoms with Crippen LogP contribution in [0.25, 0.3) is 22.5 Å². The number of aromatic nitrogens is 2. The van der Waals surface area contributed by atoms with E-state index in [4.69, 9.17) is 14.5 Å². The molecule has 0 saturated carbocycles. The van der Waals surface area contributed by atoms with Crippen LogP contribution in [-0.2, 0) is 17.8 Å². The number of hydrogen-bond donors (Lipinski definition) is 0. The average molecular weight is 598 g/mol. The van der Waals surface area contributed by atoms with E-state index in [1.807, 2.05) is 24.3 Å². The Labute approximate surface area is 260 Å². The van der Waals surface area contributed by atoms with Gasteiger partial charge in [0.25, 0.3) is 0 Å². The van der Waals surface area contributed by atoms with E-state index >= 15 is 0 Å². The van der Waals surface area contributed by atoms with Gasteiger partial charge in [-0.25, -0.2) is 4.98 Å². The number of nitrogens with zero attached hydrogens (tertiary/aromatic N) is 3. The molecule has 2 heterocycles. The van der Waals surface area contributed by atoms with Crippen LogP contribution in [0.3, 0.4) is 0 Å². The zero-order valence-electron chi connectivity index (χ0n) is 25.6. The summed E-state index contributed by atoms with van der Waals surface area (Å²) in [7, 11) is 3.37. The summed E-state index contributed by atoms with van der Waals surface area (Å²) in [6.07, 6.45) is 5.71. The first-order valence-corrected chi connectivity index (χ1v) is 16.4. The third kappa shape index (κ3) is 7.82. The normalized spacial score (nSPS) is 13.7. The highest BCUT2D eigenvalue weighted by Gasteiger charge is 2.24. The highest BCUT2D eigenvalue weighted by atomic mass is 32.2. The minimum atomic E-state index is 0.286. The molecule has 3 aromatic carbocycles. The van der Waals surface area contributed by atoms with Gasteiger partial charge in [0.2, 0.25) is 5.91 Å². The second-order valence-electron chi connectivity index (χ2n) is 11.2. The van der Waals surface area contributed by atoms with Gasteiger partial charge in [-0.15, -0.1) is 0 Å². The van der Waals surface area contributed by atoms with Crippen LogP contribution in [0, 0.1) is 5.92 Å². The zero-order valence-corrected chi connectivity index (χ0v) is 26.4. The predicted molar refractivity (Wildman–Crippen MR) is 176 cm³/mol. The summed E-state index contributed by atoms with van der Waals surface area (Å²) in [6, 6.07) is 27.0. The van der Waals surface area contributed by atoms with Crippen LogP contribution < -0.4 is 9.47 Å². The third-order valence-electron chi connectivity index (χ3n) is 8.21. The van der Waals surface area contributed by atoms with Gasteiger partial charge in [0.05, 0.1) is 25.6 Å². The molecule has 0 unspecified atom stereocenters. The van der Waals surface area contributed by atoms with Crippen molar-refractivity contribution in [3.05, 3.63) is 84.4 Å². The highest BCUT2D eigenvalue weighted by molar-refractivity contribution is 7.99. The Morgan fingerprint density at radius 1 is 0.884 bits per heavy atom. The van der Waals surface area contributed by atoms with Crippen LogP contribution in [0.15, 0.2) is 84.0 Å². The number of carbonyl (C=O) groups excluding carboxylic acids is 1. The molecule has 226 valence electrons. The summed E-state index contributed by atoms with van der Waals surface area (Å²) in [6.45, 7) is 4.81. The fourth-order valence-corrected chi connectivity index (χ4v) is 6.81. The monoisotopic (exact) mass is 597 g/mol. The molecule has 0 bridgehead atoms. The lowest BCUT2D eigenvalue weighted by molar-refractivity contribution is -0.132. The lowest BCUT2D eigenvalue weighted by Gasteiger charge is -2.32. The first-order chi connectivity index (χ1) is 21.1. The summed E-state index contributed by atoms with van der Waals surface area (Å²) in [4.78, 5) is 20.3. The number of rotatable bonds is 13. The van der Waals surface area contributed by atoms with Gasteiger partial charge in [0, 0.05) is 42.9 Å². The number of carbonyl (C=O) groups is 1. The molecule has 1 saturated heterocycles. The fourth-order valence-electron chi connectivity index (χ4n) is 5.84. The molecule has 0 atom stereocenters. The first-order valence-electron chi connectivity index (χ1n) is 15.4. The van der Waals surface area contributed by atoms with E-state index in [1.54, 1.807) is 26.0 Å². The average Bonchev–Trinajstić information content (AvgIpc) is 3.41. The number of amides is 1. The van der Waals surface area contributed by atoms with Crippen molar-refractivity contribution in [1.82, 2.24) is 14.5 Å². The molecule has 43 heavy (non-hydrogen) atoms. The number of likely N-dealkylation sites (tertiary alicyclic amines) is 1. The number of piperidine rings is 1. The van der Waals surface area contributed by atoms with Crippen molar-refractivity contribution in [2.45, 2.75) is 57.1 Å². The van der Waals surface area contributed by atoms with Gasteiger partial charge in [0.1, 0.15) is 11.5 Å². The molecule has 0 spiro atoms. The molecule has 4 aromatic rings. The largest absolute Gasteiger partial charge is 0.497 e. The summed E-state index contributed by atoms with van der Waals surface area (Å²) in [5.74, 6) is 3.45. The predicted octanol–water partition coefficient (Wildman–Crippen LogP) is 8.00. The van der Waals surface area contributed by atoms with Crippen molar-refractivity contribution >= 4 is 17.7 Å². The minimum absolute atomic E-state index is 0.286. The molecule has 1 fully saturated rings. The van der Waals surface area contributed by atoms with E-state index in [2.05, 4.69) is 71.0 Å². The standard InChI is InChI=1S/C36H43N3O3S/c1-4-22-39-35(30-14-18-32(42-3)19-15-30)34(29-12-16-31(41-2)17-13-29)37-36(39)43-25-8-11-33(40)38-23-20-28(21-24-38)26-27-9-6-5-7-10-27/h5-7,9-10,12-19,28H,4,8,11,20-26H2,1-3H3. The van der Waals surface area contributed by atoms with Gasteiger partial charge in [-0.05, 0) is 92.1 Å². The van der Waals surface area contributed by atoms with Crippen LogP contribution in [0.1, 0.15) is 44.6 Å². The Morgan fingerprint density at radius 2 is 1.51 bits per heavy atom. The molecule has 6 nitrogen and oxygen atoms in total. The number of thioether (sulfide) groups is 1. The molecule has 1 aromatic heterocycles. The molecule has 1 aliphatic heterocycles. The van der Waals surface area contributed by atoms with Gasteiger partial charge in [-0.1, -0.05) is 49.0 Å². The number of imidazole rings is 1. The Hall–Kier alpha value is -3.71. The second kappa shape index (κ2) is 15.1. The van der Waals surface area contributed by atoms with Crippen molar-refractivity contribution in [1.29, 1.82) is 0 Å². The number of benzene rings is 3. The molecule has 7 heteroatoms. The molecule has 5 rings (SSSR count). The summed E-state index contributed by atoms with van der Waals surface area (Å²) >= 11 is 1.75. The molecular formula is C36H43N3O3S. The van der Waals surface area contributed by atoms with Crippen molar-refractivity contribution in [3.8, 4) is 34.0 Å². The summed E-state index contributed by atoms with van der Waals surface area (Å²) < 4.78 is 13.1. The van der Waals surface area contributed by atoms with Crippen LogP contribution in [0.5, 0.6) is 11.5 Å². The molecule has 0 radical (unpaired) electrons. The third-order valence-corrected chi connectivity index (χ3v) is 9.27. The smallest absolute Gasteiger partial charge is 0.222 e. The number of ether oxygens (including phenoxy) is 2. The van der Waals surface area contributed by atoms with E-state index in [0.717, 1.165) is 96.7 Å².